The van der Waals surface area contributed by atoms with Crippen LogP contribution in [0.1, 0.15) is 0 Å². The number of benzene rings is 12. The summed E-state index contributed by atoms with van der Waals surface area (Å²) in [5.74, 6) is 0. The lowest BCUT2D eigenvalue weighted by atomic mass is 9.32. The smallest absolute Gasteiger partial charge is 0.252 e. The maximum absolute atomic E-state index is 2.61. The zero-order valence-electron chi connectivity index (χ0n) is 42.7. The fourth-order valence-corrected chi connectivity index (χ4v) is 13.5. The first-order valence-electron chi connectivity index (χ1n) is 27.1. The van der Waals surface area contributed by atoms with E-state index in [1.54, 1.807) is 0 Å². The van der Waals surface area contributed by atoms with E-state index in [2.05, 4.69) is 311 Å². The van der Waals surface area contributed by atoms with E-state index in [9.17, 15) is 0 Å². The molecule has 0 N–H and O–H groups in total. The van der Waals surface area contributed by atoms with Crippen molar-refractivity contribution >= 4 is 114 Å². The summed E-state index contributed by atoms with van der Waals surface area (Å²) in [4.78, 5) is 10.3. The standard InChI is InChI=1S/C72H48B2N4/c1-7-27-49(28-8-1)55-47-65-69-71(77(53-35-15-5-16-36-53)63-45-25-21-41-59(63)73(69)57-39-19-23-43-61(57)75(65)51-31-11-3-12-32-51)67(55)68-56(50-29-9-2-10-30-50)48-66-70-72(68)78(54-37-17-6-18-38-54)64-46-26-22-42-60(64)74(70)58-40-20-24-44-62(58)76(66)52-33-13-4-14-34-52/h1-48H. The minimum Gasteiger partial charge on any atom is -0.311 e. The monoisotopic (exact) mass is 990 g/mol. The van der Waals surface area contributed by atoms with Crippen LogP contribution in [0.4, 0.5) is 68.2 Å². The molecule has 0 spiro atoms. The molecule has 0 aromatic heterocycles. The first-order valence-corrected chi connectivity index (χ1v) is 27.1. The van der Waals surface area contributed by atoms with E-state index in [1.807, 2.05) is 0 Å². The van der Waals surface area contributed by atoms with Crippen molar-refractivity contribution in [1.82, 2.24) is 0 Å². The van der Waals surface area contributed by atoms with Gasteiger partial charge in [0, 0.05) is 68.0 Å². The van der Waals surface area contributed by atoms with Crippen LogP contribution in [0, 0.1) is 0 Å². The molecule has 0 unspecified atom stereocenters. The molecule has 0 radical (unpaired) electrons. The van der Waals surface area contributed by atoms with Gasteiger partial charge in [0.1, 0.15) is 0 Å². The van der Waals surface area contributed by atoms with Crippen LogP contribution in [0.2, 0.25) is 0 Å². The van der Waals surface area contributed by atoms with E-state index in [4.69, 9.17) is 0 Å². The highest BCUT2D eigenvalue weighted by atomic mass is 15.2. The zero-order chi connectivity index (χ0) is 51.3. The molecule has 0 saturated heterocycles. The molecule has 4 nitrogen and oxygen atoms in total. The molecule has 4 heterocycles. The summed E-state index contributed by atoms with van der Waals surface area (Å²) in [5.41, 5.74) is 28.4. The fourth-order valence-electron chi connectivity index (χ4n) is 13.5. The Hall–Kier alpha value is -10.0. The van der Waals surface area contributed by atoms with E-state index in [0.29, 0.717) is 0 Å². The summed E-state index contributed by atoms with van der Waals surface area (Å²) in [5, 5.41) is 0. The Morgan fingerprint density at radius 1 is 0.218 bits per heavy atom. The summed E-state index contributed by atoms with van der Waals surface area (Å²) in [6.07, 6.45) is 0. The lowest BCUT2D eigenvalue weighted by Crippen LogP contribution is -2.62. The SMILES string of the molecule is c1ccc(-c2cc3c4c(c2-c2c(-c5ccccc5)cc5c6c2N(c2ccccc2)c2ccccc2B6c2ccccc2N5c2ccccc2)N(c2ccccc2)c2ccccc2B4c2ccccc2N3c2ccccc2)cc1. The van der Waals surface area contributed by atoms with Gasteiger partial charge >= 0.3 is 0 Å². The van der Waals surface area contributed by atoms with Crippen LogP contribution >= 0.6 is 0 Å². The van der Waals surface area contributed by atoms with Crippen molar-refractivity contribution < 1.29 is 0 Å². The van der Waals surface area contributed by atoms with Crippen LogP contribution in [-0.2, 0) is 0 Å². The zero-order valence-corrected chi connectivity index (χ0v) is 42.7. The van der Waals surface area contributed by atoms with Gasteiger partial charge in [0.05, 0.1) is 11.4 Å². The molecule has 16 rings (SSSR count). The lowest BCUT2D eigenvalue weighted by molar-refractivity contribution is 1.24. The van der Waals surface area contributed by atoms with E-state index < -0.39 is 0 Å². The van der Waals surface area contributed by atoms with Crippen LogP contribution in [0.25, 0.3) is 33.4 Å². The largest absolute Gasteiger partial charge is 0.311 e. The Morgan fingerprint density at radius 2 is 0.462 bits per heavy atom. The highest BCUT2D eigenvalue weighted by Crippen LogP contribution is 2.58. The summed E-state index contributed by atoms with van der Waals surface area (Å²) >= 11 is 0. The molecule has 362 valence electrons. The Kier molecular flexibility index (Phi) is 10.1. The topological polar surface area (TPSA) is 13.0 Å². The maximum atomic E-state index is 2.61. The van der Waals surface area contributed by atoms with Gasteiger partial charge in [-0.25, -0.2) is 0 Å². The van der Waals surface area contributed by atoms with Crippen LogP contribution in [0.15, 0.2) is 291 Å². The number of fused-ring (bicyclic) bond motifs is 8. The van der Waals surface area contributed by atoms with Gasteiger partial charge < -0.3 is 19.6 Å². The third-order valence-electron chi connectivity index (χ3n) is 16.6. The second kappa shape index (κ2) is 17.8. The van der Waals surface area contributed by atoms with E-state index in [-0.39, 0.29) is 13.4 Å². The lowest BCUT2D eigenvalue weighted by Gasteiger charge is -2.48. The number of anilines is 12. The average molecular weight is 991 g/mol. The number of para-hydroxylation sites is 8. The van der Waals surface area contributed by atoms with Gasteiger partial charge in [-0.1, -0.05) is 206 Å². The Balaban J connectivity index is 1.17. The average Bonchev–Trinajstić information content (AvgIpc) is 2.70. The van der Waals surface area contributed by atoms with Crippen LogP contribution in [-0.4, -0.2) is 13.4 Å². The molecule has 0 atom stereocenters. The predicted octanol–water partition coefficient (Wildman–Crippen LogP) is 14.9. The molecule has 0 fully saturated rings. The molecule has 0 aliphatic carbocycles. The van der Waals surface area contributed by atoms with Crippen molar-refractivity contribution in [3.63, 3.8) is 0 Å². The van der Waals surface area contributed by atoms with Gasteiger partial charge in [0.2, 0.25) is 0 Å². The summed E-state index contributed by atoms with van der Waals surface area (Å²) in [6, 6.07) is 108. The second-order valence-electron chi connectivity index (χ2n) is 20.7. The molecule has 0 amide bonds. The number of rotatable bonds is 7. The highest BCUT2D eigenvalue weighted by molar-refractivity contribution is 7.01. The summed E-state index contributed by atoms with van der Waals surface area (Å²) < 4.78 is 0. The maximum Gasteiger partial charge on any atom is 0.252 e. The van der Waals surface area contributed by atoms with Gasteiger partial charge in [-0.15, -0.1) is 0 Å². The number of hydrogen-bond acceptors (Lipinski definition) is 4. The quantitative estimate of drug-likeness (QED) is 0.148. The Bertz CT molecular complexity index is 3990. The van der Waals surface area contributed by atoms with Crippen LogP contribution in [0.3, 0.4) is 0 Å². The van der Waals surface area contributed by atoms with Crippen molar-refractivity contribution in [3.8, 4) is 33.4 Å². The van der Waals surface area contributed by atoms with E-state index in [0.717, 1.165) is 56.4 Å². The summed E-state index contributed by atoms with van der Waals surface area (Å²) in [7, 11) is 0. The first kappa shape index (κ1) is 44.3. The molecule has 6 heteroatoms. The minimum absolute atomic E-state index is 0.0980. The highest BCUT2D eigenvalue weighted by Gasteiger charge is 2.49. The van der Waals surface area contributed by atoms with Crippen molar-refractivity contribution in [2.45, 2.75) is 0 Å². The van der Waals surface area contributed by atoms with Gasteiger partial charge in [0.25, 0.3) is 13.4 Å². The molecule has 78 heavy (non-hydrogen) atoms. The van der Waals surface area contributed by atoms with Crippen LogP contribution < -0.4 is 52.4 Å². The summed E-state index contributed by atoms with van der Waals surface area (Å²) in [6.45, 7) is -0.196. The second-order valence-corrected chi connectivity index (χ2v) is 20.7. The van der Waals surface area contributed by atoms with Crippen molar-refractivity contribution in [3.05, 3.63) is 291 Å². The van der Waals surface area contributed by atoms with Gasteiger partial charge in [-0.3, -0.25) is 0 Å². The molecule has 12 aromatic rings. The first-order chi connectivity index (χ1) is 38.8. The molecule has 12 aromatic carbocycles. The van der Waals surface area contributed by atoms with Crippen molar-refractivity contribution in [1.29, 1.82) is 0 Å². The van der Waals surface area contributed by atoms with E-state index >= 15 is 0 Å². The molecular weight excluding hydrogens is 942 g/mol. The number of hydrogen-bond donors (Lipinski definition) is 0. The van der Waals surface area contributed by atoms with Crippen molar-refractivity contribution in [2.24, 2.45) is 0 Å². The number of nitrogens with zero attached hydrogens (tertiary/aromatic N) is 4. The van der Waals surface area contributed by atoms with E-state index in [1.165, 1.54) is 78.0 Å². The molecular formula is C72H48B2N4. The van der Waals surface area contributed by atoms with Gasteiger partial charge in [-0.2, -0.15) is 0 Å². The normalized spacial score (nSPS) is 13.2. The van der Waals surface area contributed by atoms with Gasteiger partial charge in [-0.05, 0) is 140 Å². The third kappa shape index (κ3) is 6.56. The predicted molar refractivity (Wildman–Crippen MR) is 331 cm³/mol. The molecule has 4 aliphatic rings. The molecule has 4 aliphatic heterocycles. The third-order valence-corrected chi connectivity index (χ3v) is 16.6. The van der Waals surface area contributed by atoms with Gasteiger partial charge in [0.15, 0.2) is 0 Å². The molecule has 0 saturated carbocycles. The minimum atomic E-state index is -0.0980. The Morgan fingerprint density at radius 3 is 0.769 bits per heavy atom. The fraction of sp³-hybridized carbons (Fsp3) is 0. The molecule has 0 bridgehead atoms. The van der Waals surface area contributed by atoms with Crippen molar-refractivity contribution in [2.75, 3.05) is 19.6 Å². The van der Waals surface area contributed by atoms with Crippen LogP contribution in [0.5, 0.6) is 0 Å². The Labute approximate surface area is 456 Å².